The first-order valence-corrected chi connectivity index (χ1v) is 8.58. The van der Waals surface area contributed by atoms with Crippen molar-refractivity contribution in [3.63, 3.8) is 0 Å². The van der Waals surface area contributed by atoms with Crippen molar-refractivity contribution in [2.45, 2.75) is 24.0 Å². The number of halogens is 1. The Bertz CT molecular complexity index is 679. The highest BCUT2D eigenvalue weighted by atomic mass is 35.5. The minimum Gasteiger partial charge on any atom is -1.00 e. The zero-order valence-electron chi connectivity index (χ0n) is 13.1. The van der Waals surface area contributed by atoms with Crippen molar-refractivity contribution in [1.82, 2.24) is 0 Å². The summed E-state index contributed by atoms with van der Waals surface area (Å²) in [4.78, 5) is 1.41. The Morgan fingerprint density at radius 3 is 2.77 bits per heavy atom. The molecule has 0 atom stereocenters. The standard InChI is InChI=1S/C19H21NS.ClH/c1-14-9-10-19-18(12-14)17(8-5-11-20-2)16-7-4-3-6-15(16)13-21-19;/h3-4,6-10,12,20H,5,11,13H2,1-2H3;1H/b17-8+;. The minimum atomic E-state index is 0. The molecule has 0 radical (unpaired) electrons. The number of fused-ring (bicyclic) bond motifs is 2. The molecule has 1 aliphatic rings. The predicted octanol–water partition coefficient (Wildman–Crippen LogP) is 0.620. The van der Waals surface area contributed by atoms with Gasteiger partial charge in [-0.1, -0.05) is 48.0 Å². The maximum atomic E-state index is 2.42. The van der Waals surface area contributed by atoms with E-state index in [1.165, 1.54) is 32.7 Å². The highest BCUT2D eigenvalue weighted by molar-refractivity contribution is 7.98. The van der Waals surface area contributed by atoms with Crippen LogP contribution < -0.4 is 17.7 Å². The topological polar surface area (TPSA) is 16.6 Å². The lowest BCUT2D eigenvalue weighted by atomic mass is 9.93. The van der Waals surface area contributed by atoms with Gasteiger partial charge in [0.25, 0.3) is 0 Å². The van der Waals surface area contributed by atoms with Gasteiger partial charge in [0.05, 0.1) is 13.6 Å². The van der Waals surface area contributed by atoms with Crippen molar-refractivity contribution in [2.24, 2.45) is 0 Å². The molecule has 0 saturated carbocycles. The third-order valence-corrected chi connectivity index (χ3v) is 5.04. The lowest BCUT2D eigenvalue weighted by Crippen LogP contribution is -3.00. The van der Waals surface area contributed by atoms with E-state index in [1.807, 2.05) is 11.8 Å². The highest BCUT2D eigenvalue weighted by Gasteiger charge is 2.18. The van der Waals surface area contributed by atoms with Crippen LogP contribution in [0.5, 0.6) is 0 Å². The van der Waals surface area contributed by atoms with E-state index in [2.05, 4.69) is 67.8 Å². The van der Waals surface area contributed by atoms with Crippen LogP contribution in [-0.4, -0.2) is 13.6 Å². The molecule has 0 fully saturated rings. The summed E-state index contributed by atoms with van der Waals surface area (Å²) in [6.07, 6.45) is 3.53. The van der Waals surface area contributed by atoms with Crippen LogP contribution >= 0.6 is 11.8 Å². The molecule has 0 amide bonds. The van der Waals surface area contributed by atoms with Gasteiger partial charge >= 0.3 is 0 Å². The maximum absolute atomic E-state index is 2.42. The molecule has 0 aliphatic carbocycles. The molecule has 0 spiro atoms. The van der Waals surface area contributed by atoms with Gasteiger partial charge in [0.1, 0.15) is 0 Å². The number of quaternary nitrogens is 1. The second kappa shape index (κ2) is 7.87. The van der Waals surface area contributed by atoms with Crippen LogP contribution in [0.4, 0.5) is 0 Å². The van der Waals surface area contributed by atoms with Gasteiger partial charge in [-0.3, -0.25) is 0 Å². The Labute approximate surface area is 143 Å². The smallest absolute Gasteiger partial charge is 0.0788 e. The number of hydrogen-bond donors (Lipinski definition) is 1. The van der Waals surface area contributed by atoms with Crippen molar-refractivity contribution >= 4 is 17.3 Å². The molecule has 0 saturated heterocycles. The van der Waals surface area contributed by atoms with Gasteiger partial charge in [0.2, 0.25) is 0 Å². The lowest BCUT2D eigenvalue weighted by Gasteiger charge is -2.12. The molecule has 0 aromatic heterocycles. The van der Waals surface area contributed by atoms with Crippen LogP contribution in [0.2, 0.25) is 0 Å². The number of nitrogens with two attached hydrogens (primary N) is 1. The zero-order valence-corrected chi connectivity index (χ0v) is 14.7. The van der Waals surface area contributed by atoms with Gasteiger partial charge in [-0.25, -0.2) is 0 Å². The number of thioether (sulfide) groups is 1. The van der Waals surface area contributed by atoms with E-state index >= 15 is 0 Å². The molecule has 2 aromatic rings. The average Bonchev–Trinajstić information content (AvgIpc) is 2.65. The van der Waals surface area contributed by atoms with Crippen LogP contribution in [0.1, 0.15) is 28.7 Å². The first kappa shape index (κ1) is 17.1. The van der Waals surface area contributed by atoms with E-state index in [-0.39, 0.29) is 12.4 Å². The van der Waals surface area contributed by atoms with E-state index in [4.69, 9.17) is 0 Å². The van der Waals surface area contributed by atoms with Gasteiger partial charge < -0.3 is 17.7 Å². The molecule has 1 nitrogen and oxygen atoms in total. The lowest BCUT2D eigenvalue weighted by molar-refractivity contribution is -0.626. The zero-order chi connectivity index (χ0) is 14.7. The van der Waals surface area contributed by atoms with Crippen molar-refractivity contribution in [3.8, 4) is 0 Å². The van der Waals surface area contributed by atoms with Gasteiger partial charge in [-0.05, 0) is 35.3 Å². The highest BCUT2D eigenvalue weighted by Crippen LogP contribution is 2.40. The van der Waals surface area contributed by atoms with Gasteiger partial charge in [-0.15, -0.1) is 11.8 Å². The summed E-state index contributed by atoms with van der Waals surface area (Å²) in [6.45, 7) is 3.32. The van der Waals surface area contributed by atoms with Crippen molar-refractivity contribution in [3.05, 3.63) is 70.8 Å². The van der Waals surface area contributed by atoms with Crippen molar-refractivity contribution in [2.75, 3.05) is 13.6 Å². The Morgan fingerprint density at radius 1 is 1.14 bits per heavy atom. The molecule has 0 bridgehead atoms. The quantitative estimate of drug-likeness (QED) is 0.816. The molecule has 2 N–H and O–H groups in total. The Morgan fingerprint density at radius 2 is 1.95 bits per heavy atom. The molecule has 3 heteroatoms. The fraction of sp³-hybridized carbons (Fsp3) is 0.263. The second-order valence-electron chi connectivity index (χ2n) is 5.55. The fourth-order valence-corrected chi connectivity index (χ4v) is 3.86. The first-order valence-electron chi connectivity index (χ1n) is 7.59. The SMILES string of the molecule is C[NH2+]CC/C=C1\c2ccccc2CSc2ccc(C)cc21.[Cl-]. The molecule has 1 heterocycles. The first-order chi connectivity index (χ1) is 10.3. The summed E-state index contributed by atoms with van der Waals surface area (Å²) in [5, 5.41) is 2.24. The molecule has 1 aliphatic heterocycles. The monoisotopic (exact) mass is 331 g/mol. The van der Waals surface area contributed by atoms with E-state index < -0.39 is 0 Å². The molecular weight excluding hydrogens is 310 g/mol. The molecule has 116 valence electrons. The van der Waals surface area contributed by atoms with Crippen LogP contribution in [0.15, 0.2) is 53.4 Å². The number of hydrogen-bond acceptors (Lipinski definition) is 1. The Hall–Kier alpha value is -1.22. The summed E-state index contributed by atoms with van der Waals surface area (Å²) >= 11 is 1.96. The molecular formula is C19H22ClNS. The summed E-state index contributed by atoms with van der Waals surface area (Å²) in [5.74, 6) is 1.06. The van der Waals surface area contributed by atoms with Gasteiger partial charge in [-0.2, -0.15) is 0 Å². The van der Waals surface area contributed by atoms with E-state index in [0.29, 0.717) is 0 Å². The second-order valence-corrected chi connectivity index (χ2v) is 6.57. The Balaban J connectivity index is 0.00000176. The summed E-state index contributed by atoms with van der Waals surface area (Å²) in [7, 11) is 2.13. The third-order valence-electron chi connectivity index (χ3n) is 3.92. The minimum absolute atomic E-state index is 0. The molecule has 0 unspecified atom stereocenters. The predicted molar refractivity (Wildman–Crippen MR) is 91.6 cm³/mol. The van der Waals surface area contributed by atoms with Crippen LogP contribution in [-0.2, 0) is 5.75 Å². The van der Waals surface area contributed by atoms with Crippen LogP contribution in [0.25, 0.3) is 5.57 Å². The van der Waals surface area contributed by atoms with Crippen LogP contribution in [0.3, 0.4) is 0 Å². The largest absolute Gasteiger partial charge is 1.00 e. The van der Waals surface area contributed by atoms with Gasteiger partial charge in [0, 0.05) is 17.1 Å². The van der Waals surface area contributed by atoms with E-state index in [0.717, 1.165) is 18.7 Å². The summed E-state index contributed by atoms with van der Waals surface area (Å²) in [6, 6.07) is 15.7. The van der Waals surface area contributed by atoms with E-state index in [9.17, 15) is 0 Å². The maximum Gasteiger partial charge on any atom is 0.0788 e. The van der Waals surface area contributed by atoms with Crippen LogP contribution in [0, 0.1) is 6.92 Å². The number of aryl methyl sites for hydroxylation is 1. The van der Waals surface area contributed by atoms with Gasteiger partial charge in [0.15, 0.2) is 0 Å². The summed E-state index contributed by atoms with van der Waals surface area (Å²) in [5.41, 5.74) is 7.01. The number of benzene rings is 2. The number of rotatable bonds is 3. The average molecular weight is 332 g/mol. The summed E-state index contributed by atoms with van der Waals surface area (Å²) < 4.78 is 0. The van der Waals surface area contributed by atoms with Crippen molar-refractivity contribution < 1.29 is 17.7 Å². The third kappa shape index (κ3) is 3.57. The molecule has 2 aromatic carbocycles. The fourth-order valence-electron chi connectivity index (χ4n) is 2.80. The van der Waals surface area contributed by atoms with Crippen molar-refractivity contribution in [1.29, 1.82) is 0 Å². The molecule has 22 heavy (non-hydrogen) atoms. The molecule has 3 rings (SSSR count). The normalized spacial score (nSPS) is 14.7. The Kier molecular flexibility index (Phi) is 6.13. The van der Waals surface area contributed by atoms with E-state index in [1.54, 1.807) is 0 Å².